The highest BCUT2D eigenvalue weighted by molar-refractivity contribution is 5.94. The first-order chi connectivity index (χ1) is 12.1. The number of hydrazone groups is 1. The summed E-state index contributed by atoms with van der Waals surface area (Å²) in [6.45, 7) is 0. The fourth-order valence-corrected chi connectivity index (χ4v) is 2.25. The fourth-order valence-electron chi connectivity index (χ4n) is 2.25. The van der Waals surface area contributed by atoms with E-state index in [1.807, 2.05) is 0 Å². The first kappa shape index (κ1) is 16.1. The van der Waals surface area contributed by atoms with Gasteiger partial charge in [0.1, 0.15) is 0 Å². The number of amides is 1. The molecular formula is C18H14N4O3. The van der Waals surface area contributed by atoms with Gasteiger partial charge in [0.05, 0.1) is 17.5 Å². The molecule has 0 radical (unpaired) electrons. The van der Waals surface area contributed by atoms with Crippen LogP contribution < -0.4 is 5.43 Å². The van der Waals surface area contributed by atoms with Crippen LogP contribution in [-0.2, 0) is 0 Å². The lowest BCUT2D eigenvalue weighted by Gasteiger charge is -2.07. The molecule has 2 aromatic heterocycles. The van der Waals surface area contributed by atoms with Crippen LogP contribution in [0.2, 0.25) is 0 Å². The van der Waals surface area contributed by atoms with Crippen LogP contribution in [0.4, 0.5) is 0 Å². The first-order valence-corrected chi connectivity index (χ1v) is 7.39. The highest BCUT2D eigenvalue weighted by Gasteiger charge is 2.07. The second-order valence-electron chi connectivity index (χ2n) is 5.09. The molecule has 1 amide bonds. The van der Waals surface area contributed by atoms with Crippen molar-refractivity contribution in [2.75, 3.05) is 0 Å². The SMILES string of the molecule is O=C(O)c1cccc(-n2cccc2/C=N\NC(=O)c2ccncc2)c1. The van der Waals surface area contributed by atoms with Crippen molar-refractivity contribution in [1.29, 1.82) is 0 Å². The van der Waals surface area contributed by atoms with Crippen LogP contribution in [-0.4, -0.2) is 32.7 Å². The molecule has 1 aromatic carbocycles. The molecule has 0 saturated heterocycles. The molecule has 2 N–H and O–H groups in total. The topological polar surface area (TPSA) is 96.6 Å². The van der Waals surface area contributed by atoms with Gasteiger partial charge in [-0.25, -0.2) is 10.2 Å². The van der Waals surface area contributed by atoms with Crippen molar-refractivity contribution >= 4 is 18.1 Å². The summed E-state index contributed by atoms with van der Waals surface area (Å²) in [5.41, 5.74) is 4.47. The molecule has 7 heteroatoms. The van der Waals surface area contributed by atoms with E-state index >= 15 is 0 Å². The van der Waals surface area contributed by atoms with E-state index in [9.17, 15) is 9.59 Å². The lowest BCUT2D eigenvalue weighted by Crippen LogP contribution is -2.17. The maximum absolute atomic E-state index is 11.9. The summed E-state index contributed by atoms with van der Waals surface area (Å²) in [7, 11) is 0. The van der Waals surface area contributed by atoms with Gasteiger partial charge in [-0.3, -0.25) is 9.78 Å². The molecule has 0 bridgehead atoms. The molecule has 0 atom stereocenters. The summed E-state index contributed by atoms with van der Waals surface area (Å²) in [6, 6.07) is 13.3. The second kappa shape index (κ2) is 7.22. The molecule has 0 aliphatic heterocycles. The third-order valence-electron chi connectivity index (χ3n) is 3.46. The number of rotatable bonds is 5. The van der Waals surface area contributed by atoms with Crippen molar-refractivity contribution in [1.82, 2.24) is 15.0 Å². The van der Waals surface area contributed by atoms with Crippen LogP contribution in [0.1, 0.15) is 26.4 Å². The average molecular weight is 334 g/mol. The van der Waals surface area contributed by atoms with Gasteiger partial charge < -0.3 is 9.67 Å². The van der Waals surface area contributed by atoms with Gasteiger partial charge in [0.15, 0.2) is 0 Å². The zero-order valence-electron chi connectivity index (χ0n) is 13.0. The predicted molar refractivity (Wildman–Crippen MR) is 92.0 cm³/mol. The van der Waals surface area contributed by atoms with Crippen molar-refractivity contribution in [3.05, 3.63) is 83.9 Å². The number of carbonyl (C=O) groups is 2. The molecule has 0 aliphatic rings. The minimum Gasteiger partial charge on any atom is -0.478 e. The lowest BCUT2D eigenvalue weighted by atomic mass is 10.2. The number of benzene rings is 1. The van der Waals surface area contributed by atoms with E-state index in [0.29, 0.717) is 16.9 Å². The number of carboxylic acids is 1. The number of aromatic carboxylic acids is 1. The van der Waals surface area contributed by atoms with Crippen molar-refractivity contribution in [2.24, 2.45) is 5.10 Å². The summed E-state index contributed by atoms with van der Waals surface area (Å²) in [4.78, 5) is 26.9. The maximum Gasteiger partial charge on any atom is 0.335 e. The van der Waals surface area contributed by atoms with Crippen LogP contribution in [0.5, 0.6) is 0 Å². The minimum absolute atomic E-state index is 0.195. The summed E-state index contributed by atoms with van der Waals surface area (Å²) in [5.74, 6) is -1.33. The van der Waals surface area contributed by atoms with Crippen molar-refractivity contribution in [3.8, 4) is 5.69 Å². The molecule has 0 fully saturated rings. The predicted octanol–water partition coefficient (Wildman–Crippen LogP) is 2.33. The van der Waals surface area contributed by atoms with Gasteiger partial charge in [-0.05, 0) is 42.5 Å². The molecule has 7 nitrogen and oxygen atoms in total. The van der Waals surface area contributed by atoms with E-state index in [-0.39, 0.29) is 11.5 Å². The summed E-state index contributed by atoms with van der Waals surface area (Å²) in [6.07, 6.45) is 6.33. The van der Waals surface area contributed by atoms with Gasteiger partial charge in [0.2, 0.25) is 0 Å². The Morgan fingerprint density at radius 3 is 2.64 bits per heavy atom. The van der Waals surface area contributed by atoms with Crippen molar-refractivity contribution in [2.45, 2.75) is 0 Å². The Bertz CT molecular complexity index is 932. The third kappa shape index (κ3) is 3.78. The van der Waals surface area contributed by atoms with Crippen LogP contribution in [0, 0.1) is 0 Å². The lowest BCUT2D eigenvalue weighted by molar-refractivity contribution is 0.0696. The number of aromatic nitrogens is 2. The number of hydrogen-bond acceptors (Lipinski definition) is 4. The number of nitrogens with one attached hydrogen (secondary N) is 1. The van der Waals surface area contributed by atoms with E-state index in [1.54, 1.807) is 53.2 Å². The summed E-state index contributed by atoms with van der Waals surface area (Å²) in [5, 5.41) is 13.1. The Hall–Kier alpha value is -3.74. The molecule has 0 aliphatic carbocycles. The van der Waals surface area contributed by atoms with Gasteiger partial charge in [-0.2, -0.15) is 5.10 Å². The Balaban J connectivity index is 1.77. The molecule has 124 valence electrons. The Morgan fingerprint density at radius 1 is 1.08 bits per heavy atom. The normalized spacial score (nSPS) is 10.7. The molecule has 0 saturated carbocycles. The van der Waals surface area contributed by atoms with E-state index in [0.717, 1.165) is 0 Å². The number of hydrogen-bond donors (Lipinski definition) is 2. The number of pyridine rings is 1. The fraction of sp³-hybridized carbons (Fsp3) is 0. The highest BCUT2D eigenvalue weighted by Crippen LogP contribution is 2.13. The summed E-state index contributed by atoms with van der Waals surface area (Å²) < 4.78 is 1.77. The Kier molecular flexibility index (Phi) is 4.66. The monoisotopic (exact) mass is 334 g/mol. The van der Waals surface area contributed by atoms with Crippen molar-refractivity contribution in [3.63, 3.8) is 0 Å². The van der Waals surface area contributed by atoms with E-state index in [1.165, 1.54) is 24.7 Å². The highest BCUT2D eigenvalue weighted by atomic mass is 16.4. The molecule has 25 heavy (non-hydrogen) atoms. The van der Waals surface area contributed by atoms with Gasteiger partial charge in [0.25, 0.3) is 5.91 Å². The van der Waals surface area contributed by atoms with E-state index < -0.39 is 5.97 Å². The maximum atomic E-state index is 11.9. The number of carboxylic acid groups (broad SMARTS) is 1. The van der Waals surface area contributed by atoms with E-state index in [4.69, 9.17) is 5.11 Å². The van der Waals surface area contributed by atoms with Crippen LogP contribution in [0.3, 0.4) is 0 Å². The summed E-state index contributed by atoms with van der Waals surface area (Å²) >= 11 is 0. The smallest absolute Gasteiger partial charge is 0.335 e. The first-order valence-electron chi connectivity index (χ1n) is 7.39. The number of carbonyl (C=O) groups excluding carboxylic acids is 1. The quantitative estimate of drug-likeness (QED) is 0.553. The van der Waals surface area contributed by atoms with Crippen LogP contribution in [0.15, 0.2) is 72.2 Å². The minimum atomic E-state index is -0.992. The number of nitrogens with zero attached hydrogens (tertiary/aromatic N) is 3. The van der Waals surface area contributed by atoms with Gasteiger partial charge in [0, 0.05) is 29.8 Å². The molecule has 2 heterocycles. The average Bonchev–Trinajstić information content (AvgIpc) is 3.11. The molecule has 3 aromatic rings. The van der Waals surface area contributed by atoms with Crippen LogP contribution in [0.25, 0.3) is 5.69 Å². The van der Waals surface area contributed by atoms with Gasteiger partial charge in [-0.1, -0.05) is 6.07 Å². The zero-order chi connectivity index (χ0) is 17.6. The zero-order valence-corrected chi connectivity index (χ0v) is 13.0. The van der Waals surface area contributed by atoms with Gasteiger partial charge >= 0.3 is 5.97 Å². The molecular weight excluding hydrogens is 320 g/mol. The second-order valence-corrected chi connectivity index (χ2v) is 5.09. The Morgan fingerprint density at radius 2 is 1.88 bits per heavy atom. The molecule has 0 spiro atoms. The molecule has 3 rings (SSSR count). The van der Waals surface area contributed by atoms with Crippen molar-refractivity contribution < 1.29 is 14.7 Å². The van der Waals surface area contributed by atoms with Crippen LogP contribution >= 0.6 is 0 Å². The standard InChI is InChI=1S/C18H14N4O3/c23-17(13-6-8-19-9-7-13)21-20-12-16-5-2-10-22(16)15-4-1-3-14(11-15)18(24)25/h1-12H,(H,21,23)(H,24,25)/b20-12-. The molecule has 0 unspecified atom stereocenters. The largest absolute Gasteiger partial charge is 0.478 e. The van der Waals surface area contributed by atoms with Gasteiger partial charge in [-0.15, -0.1) is 0 Å². The van der Waals surface area contributed by atoms with E-state index in [2.05, 4.69) is 15.5 Å². The third-order valence-corrected chi connectivity index (χ3v) is 3.46. The Labute approximate surface area is 143 Å².